The highest BCUT2D eigenvalue weighted by Gasteiger charge is 2.19. The topological polar surface area (TPSA) is 0 Å². The fourth-order valence-electron chi connectivity index (χ4n) is 3.40. The predicted molar refractivity (Wildman–Crippen MR) is 102 cm³/mol. The Hall–Kier alpha value is -1.80. The van der Waals surface area contributed by atoms with E-state index in [9.17, 15) is 8.78 Å². The van der Waals surface area contributed by atoms with Crippen LogP contribution in [0, 0.1) is 48.2 Å². The molecule has 1 aromatic rings. The van der Waals surface area contributed by atoms with Crippen molar-refractivity contribution in [2.24, 2.45) is 11.8 Å². The molecule has 0 unspecified atom stereocenters. The van der Waals surface area contributed by atoms with Gasteiger partial charge in [-0.15, -0.1) is 12.8 Å². The lowest BCUT2D eigenvalue weighted by Crippen LogP contribution is -2.13. The van der Waals surface area contributed by atoms with Crippen LogP contribution >= 0.6 is 0 Å². The van der Waals surface area contributed by atoms with Crippen molar-refractivity contribution in [3.05, 3.63) is 35.4 Å². The molecule has 25 heavy (non-hydrogen) atoms. The van der Waals surface area contributed by atoms with Crippen LogP contribution in [0.25, 0.3) is 0 Å². The summed E-state index contributed by atoms with van der Waals surface area (Å²) in [5.41, 5.74) is 0.310. The van der Waals surface area contributed by atoms with Crippen molar-refractivity contribution in [3.63, 3.8) is 0 Å². The third-order valence-corrected chi connectivity index (χ3v) is 4.90. The second kappa shape index (κ2) is 12.5. The smallest absolute Gasteiger partial charge is 0.141 e. The summed E-state index contributed by atoms with van der Waals surface area (Å²) in [6.45, 7) is 2.25. The third kappa shape index (κ3) is 8.22. The van der Waals surface area contributed by atoms with E-state index in [2.05, 4.69) is 31.6 Å². The van der Waals surface area contributed by atoms with Gasteiger partial charge in [0.2, 0.25) is 0 Å². The number of hydrogen-bond donors (Lipinski definition) is 0. The number of rotatable bonds is 6. The van der Waals surface area contributed by atoms with Gasteiger partial charge in [-0.05, 0) is 43.7 Å². The van der Waals surface area contributed by atoms with Gasteiger partial charge in [-0.25, -0.2) is 8.78 Å². The van der Waals surface area contributed by atoms with Crippen LogP contribution < -0.4 is 0 Å². The number of hydrogen-bond acceptors (Lipinski definition) is 0. The molecule has 1 fully saturated rings. The Morgan fingerprint density at radius 3 is 2.32 bits per heavy atom. The fourth-order valence-corrected chi connectivity index (χ4v) is 3.40. The van der Waals surface area contributed by atoms with Gasteiger partial charge in [0, 0.05) is 12.0 Å². The molecule has 1 aromatic carbocycles. The predicted octanol–water partition coefficient (Wildman–Crippen LogP) is 6.73. The molecule has 0 aliphatic heterocycles. The largest absolute Gasteiger partial charge is 0.207 e. The number of halogens is 2. The molecular weight excluding hydrogens is 314 g/mol. The van der Waals surface area contributed by atoms with E-state index in [1.807, 2.05) is 0 Å². The van der Waals surface area contributed by atoms with E-state index in [1.165, 1.54) is 63.5 Å². The van der Waals surface area contributed by atoms with Crippen molar-refractivity contribution in [1.29, 1.82) is 0 Å². The average Bonchev–Trinajstić information content (AvgIpc) is 2.63. The van der Waals surface area contributed by atoms with E-state index in [0.717, 1.165) is 24.8 Å². The normalized spacial score (nSPS) is 19.2. The van der Waals surface area contributed by atoms with Gasteiger partial charge in [-0.2, -0.15) is 0 Å². The lowest BCUT2D eigenvalue weighted by Gasteiger charge is -2.25. The van der Waals surface area contributed by atoms with Crippen LogP contribution in [-0.2, 0) is 0 Å². The van der Waals surface area contributed by atoms with Crippen LogP contribution in [0.2, 0.25) is 0 Å². The standard InChI is InChI=1S/C21H28F2.C2H2/c1-2-3-4-5-6-7-17-8-10-18(11-9-17)12-13-19-14-15-20(22)16-21(19)23;1-2/h14-18H,2-11H2,1H3;1-2H/t17-,18-;. The molecule has 0 nitrogen and oxygen atoms in total. The second-order valence-corrected chi connectivity index (χ2v) is 6.81. The summed E-state index contributed by atoms with van der Waals surface area (Å²) in [6.07, 6.45) is 20.9. The summed E-state index contributed by atoms with van der Waals surface area (Å²) in [6, 6.07) is 3.60. The third-order valence-electron chi connectivity index (χ3n) is 4.90. The highest BCUT2D eigenvalue weighted by Crippen LogP contribution is 2.31. The highest BCUT2D eigenvalue weighted by atomic mass is 19.1. The van der Waals surface area contributed by atoms with E-state index in [1.54, 1.807) is 0 Å². The Bertz CT molecular complexity index is 569. The van der Waals surface area contributed by atoms with Crippen molar-refractivity contribution in [3.8, 4) is 24.7 Å². The van der Waals surface area contributed by atoms with Gasteiger partial charge >= 0.3 is 0 Å². The number of terminal acetylenes is 1. The van der Waals surface area contributed by atoms with Gasteiger partial charge in [-0.3, -0.25) is 0 Å². The summed E-state index contributed by atoms with van der Waals surface area (Å²) in [7, 11) is 0. The molecule has 0 atom stereocenters. The second-order valence-electron chi connectivity index (χ2n) is 6.81. The van der Waals surface area contributed by atoms with Crippen molar-refractivity contribution in [2.75, 3.05) is 0 Å². The molecule has 2 rings (SSSR count). The summed E-state index contributed by atoms with van der Waals surface area (Å²) in [5, 5.41) is 0. The first-order valence-electron chi connectivity index (χ1n) is 9.49. The van der Waals surface area contributed by atoms with Crippen molar-refractivity contribution >= 4 is 0 Å². The van der Waals surface area contributed by atoms with Gasteiger partial charge in [-0.1, -0.05) is 57.3 Å². The Morgan fingerprint density at radius 1 is 1.00 bits per heavy atom. The number of benzene rings is 1. The molecule has 1 aliphatic rings. The molecule has 1 aliphatic carbocycles. The molecular formula is C23H30F2. The molecule has 0 heterocycles. The maximum Gasteiger partial charge on any atom is 0.141 e. The average molecular weight is 344 g/mol. The van der Waals surface area contributed by atoms with Crippen LogP contribution in [0.5, 0.6) is 0 Å². The van der Waals surface area contributed by atoms with Gasteiger partial charge < -0.3 is 0 Å². The summed E-state index contributed by atoms with van der Waals surface area (Å²) >= 11 is 0. The Morgan fingerprint density at radius 2 is 1.68 bits per heavy atom. The summed E-state index contributed by atoms with van der Waals surface area (Å²) in [5.74, 6) is 6.21. The molecule has 0 saturated heterocycles. The summed E-state index contributed by atoms with van der Waals surface area (Å²) in [4.78, 5) is 0. The van der Waals surface area contributed by atoms with Crippen LogP contribution in [0.4, 0.5) is 8.78 Å². The first kappa shape index (κ1) is 21.2. The fraction of sp³-hybridized carbons (Fsp3) is 0.565. The molecule has 0 spiro atoms. The minimum atomic E-state index is -0.557. The van der Waals surface area contributed by atoms with E-state index >= 15 is 0 Å². The maximum atomic E-state index is 13.6. The summed E-state index contributed by atoms with van der Waals surface area (Å²) < 4.78 is 26.4. The highest BCUT2D eigenvalue weighted by molar-refractivity contribution is 5.36. The minimum Gasteiger partial charge on any atom is -0.207 e. The molecule has 0 amide bonds. The van der Waals surface area contributed by atoms with Gasteiger partial charge in [0.1, 0.15) is 11.6 Å². The number of unbranched alkanes of at least 4 members (excludes halogenated alkanes) is 4. The lowest BCUT2D eigenvalue weighted by molar-refractivity contribution is 0.294. The zero-order chi connectivity index (χ0) is 18.5. The Balaban J connectivity index is 0.00000151. The van der Waals surface area contributed by atoms with Crippen LogP contribution in [0.3, 0.4) is 0 Å². The van der Waals surface area contributed by atoms with Crippen LogP contribution in [0.15, 0.2) is 18.2 Å². The van der Waals surface area contributed by atoms with Crippen molar-refractivity contribution in [2.45, 2.75) is 71.1 Å². The molecule has 1 saturated carbocycles. The van der Waals surface area contributed by atoms with Gasteiger partial charge in [0.05, 0.1) is 5.56 Å². The quantitative estimate of drug-likeness (QED) is 0.396. The van der Waals surface area contributed by atoms with Gasteiger partial charge in [0.25, 0.3) is 0 Å². The zero-order valence-electron chi connectivity index (χ0n) is 15.4. The van der Waals surface area contributed by atoms with Crippen LogP contribution in [-0.4, -0.2) is 0 Å². The van der Waals surface area contributed by atoms with Crippen LogP contribution in [0.1, 0.15) is 76.7 Å². The zero-order valence-corrected chi connectivity index (χ0v) is 15.4. The minimum absolute atomic E-state index is 0.310. The van der Waals surface area contributed by atoms with Crippen molar-refractivity contribution < 1.29 is 8.78 Å². The van der Waals surface area contributed by atoms with Crippen molar-refractivity contribution in [1.82, 2.24) is 0 Å². The van der Waals surface area contributed by atoms with Gasteiger partial charge in [0.15, 0.2) is 0 Å². The first-order valence-corrected chi connectivity index (χ1v) is 9.49. The van der Waals surface area contributed by atoms with E-state index < -0.39 is 11.6 Å². The molecule has 2 heteroatoms. The molecule has 136 valence electrons. The van der Waals surface area contributed by atoms with E-state index in [4.69, 9.17) is 0 Å². The Kier molecular flexibility index (Phi) is 10.7. The Labute approximate surface area is 152 Å². The van der Waals surface area contributed by atoms with E-state index in [-0.39, 0.29) is 0 Å². The lowest BCUT2D eigenvalue weighted by atomic mass is 9.80. The first-order chi connectivity index (χ1) is 12.2. The van der Waals surface area contributed by atoms with E-state index in [0.29, 0.717) is 11.5 Å². The maximum absolute atomic E-state index is 13.6. The molecule has 0 radical (unpaired) electrons. The SMILES string of the molecule is C#C.CCCCCCC[C@H]1CC[C@H](C#Cc2ccc(F)cc2F)CC1. The molecule has 0 aromatic heterocycles. The molecule has 0 N–H and O–H groups in total. The molecule has 0 bridgehead atoms. The monoisotopic (exact) mass is 344 g/mol.